The summed E-state index contributed by atoms with van der Waals surface area (Å²) in [5.41, 5.74) is 6.72. The van der Waals surface area contributed by atoms with Crippen molar-refractivity contribution in [3.63, 3.8) is 0 Å². The van der Waals surface area contributed by atoms with Gasteiger partial charge in [0.05, 0.1) is 6.54 Å². The summed E-state index contributed by atoms with van der Waals surface area (Å²) in [6.07, 6.45) is 3.79. The topological polar surface area (TPSA) is 91.4 Å². The fourth-order valence-electron chi connectivity index (χ4n) is 3.84. The van der Waals surface area contributed by atoms with Crippen molar-refractivity contribution in [3.8, 4) is 0 Å². The van der Waals surface area contributed by atoms with Gasteiger partial charge in [0.2, 0.25) is 11.8 Å². The van der Waals surface area contributed by atoms with Gasteiger partial charge in [0.15, 0.2) is 6.23 Å². The minimum absolute atomic E-state index is 0.0481. The molecule has 1 amide bonds. The van der Waals surface area contributed by atoms with Gasteiger partial charge in [-0.2, -0.15) is 0 Å². The molecular formula is C18H26N4O2. The lowest BCUT2D eigenvalue weighted by atomic mass is 9.79. The molecule has 2 aliphatic heterocycles. The Morgan fingerprint density at radius 1 is 1.29 bits per heavy atom. The van der Waals surface area contributed by atoms with Gasteiger partial charge in [0, 0.05) is 17.5 Å². The summed E-state index contributed by atoms with van der Waals surface area (Å²) in [6.45, 7) is 2.20. The first kappa shape index (κ1) is 16.9. The van der Waals surface area contributed by atoms with Gasteiger partial charge in [-0.25, -0.2) is 0 Å². The number of piperidine rings is 2. The highest BCUT2D eigenvalue weighted by Gasteiger charge is 2.43. The molecule has 3 rings (SSSR count). The number of hydrogen-bond donors (Lipinski definition) is 3. The van der Waals surface area contributed by atoms with E-state index in [2.05, 4.69) is 5.32 Å². The van der Waals surface area contributed by atoms with Crippen LogP contribution in [0.25, 0.3) is 0 Å². The summed E-state index contributed by atoms with van der Waals surface area (Å²) in [4.78, 5) is 14.4. The summed E-state index contributed by atoms with van der Waals surface area (Å²) >= 11 is 0. The molecule has 1 aromatic rings. The van der Waals surface area contributed by atoms with Crippen LogP contribution in [-0.2, 0) is 9.53 Å². The van der Waals surface area contributed by atoms with Crippen LogP contribution in [0.2, 0.25) is 0 Å². The third-order valence-electron chi connectivity index (χ3n) is 5.11. The molecule has 1 aromatic carbocycles. The number of hydrogen-bond acceptors (Lipinski definition) is 5. The molecule has 24 heavy (non-hydrogen) atoms. The molecular weight excluding hydrogens is 304 g/mol. The van der Waals surface area contributed by atoms with Crippen molar-refractivity contribution in [1.29, 1.82) is 5.41 Å². The Morgan fingerprint density at radius 2 is 2.00 bits per heavy atom. The summed E-state index contributed by atoms with van der Waals surface area (Å²) < 4.78 is 5.57. The van der Waals surface area contributed by atoms with Gasteiger partial charge >= 0.3 is 0 Å². The van der Waals surface area contributed by atoms with E-state index in [1.165, 1.54) is 0 Å². The lowest BCUT2D eigenvalue weighted by Gasteiger charge is -2.50. The highest BCUT2D eigenvalue weighted by molar-refractivity contribution is 5.91. The smallest absolute Gasteiger partial charge is 0.223 e. The number of rotatable bonds is 4. The maximum atomic E-state index is 12.5. The molecule has 2 aliphatic rings. The molecule has 2 heterocycles. The average Bonchev–Trinajstić information content (AvgIpc) is 2.60. The standard InChI is InChI=1S/C18H26N4O2/c19-15(24-17(20)14-5-2-1-3-6-14)13-22-16(23)7-4-8-18(22)9-11-21-12-10-18/h1-3,5-6,15,20-21H,4,7-13,19H2. The molecule has 0 bridgehead atoms. The Labute approximate surface area is 142 Å². The minimum atomic E-state index is -0.688. The lowest BCUT2D eigenvalue weighted by Crippen LogP contribution is -2.61. The van der Waals surface area contributed by atoms with Crippen LogP contribution in [-0.4, -0.2) is 48.1 Å². The average molecular weight is 330 g/mol. The van der Waals surface area contributed by atoms with Crippen LogP contribution in [0, 0.1) is 5.41 Å². The zero-order valence-electron chi connectivity index (χ0n) is 14.0. The lowest BCUT2D eigenvalue weighted by molar-refractivity contribution is -0.146. The predicted octanol–water partition coefficient (Wildman–Crippen LogP) is 1.45. The normalized spacial score (nSPS) is 21.5. The Hall–Kier alpha value is -1.92. The van der Waals surface area contributed by atoms with Gasteiger partial charge in [0.25, 0.3) is 0 Å². The Morgan fingerprint density at radius 3 is 2.71 bits per heavy atom. The fourth-order valence-corrected chi connectivity index (χ4v) is 3.84. The van der Waals surface area contributed by atoms with Crippen LogP contribution in [0.3, 0.4) is 0 Å². The number of likely N-dealkylation sites (tertiary alicyclic amines) is 1. The molecule has 0 aliphatic carbocycles. The first-order valence-electron chi connectivity index (χ1n) is 8.68. The number of nitrogens with one attached hydrogen (secondary N) is 2. The van der Waals surface area contributed by atoms with E-state index >= 15 is 0 Å². The van der Waals surface area contributed by atoms with E-state index in [4.69, 9.17) is 15.9 Å². The first-order chi connectivity index (χ1) is 11.6. The Kier molecular flexibility index (Phi) is 5.16. The number of amides is 1. The quantitative estimate of drug-likeness (QED) is 0.443. The van der Waals surface area contributed by atoms with E-state index in [9.17, 15) is 4.79 Å². The summed E-state index contributed by atoms with van der Waals surface area (Å²) in [6, 6.07) is 9.24. The number of nitrogens with zero attached hydrogens (tertiary/aromatic N) is 1. The second-order valence-corrected chi connectivity index (χ2v) is 6.68. The molecule has 6 heteroatoms. The number of carbonyl (C=O) groups excluding carboxylic acids is 1. The van der Waals surface area contributed by atoms with Gasteiger partial charge in [0.1, 0.15) is 0 Å². The number of carbonyl (C=O) groups is 1. The number of ether oxygens (including phenoxy) is 1. The molecule has 2 fully saturated rings. The van der Waals surface area contributed by atoms with E-state index in [0.717, 1.165) is 38.8 Å². The molecule has 6 nitrogen and oxygen atoms in total. The fraction of sp³-hybridized carbons (Fsp3) is 0.556. The zero-order chi connectivity index (χ0) is 17.0. The van der Waals surface area contributed by atoms with Crippen LogP contribution in [0.4, 0.5) is 0 Å². The second-order valence-electron chi connectivity index (χ2n) is 6.68. The molecule has 2 saturated heterocycles. The highest BCUT2D eigenvalue weighted by Crippen LogP contribution is 2.36. The van der Waals surface area contributed by atoms with Crippen LogP contribution in [0.5, 0.6) is 0 Å². The monoisotopic (exact) mass is 330 g/mol. The minimum Gasteiger partial charge on any atom is -0.457 e. The van der Waals surface area contributed by atoms with Crippen LogP contribution in [0.1, 0.15) is 37.7 Å². The van der Waals surface area contributed by atoms with Gasteiger partial charge < -0.3 is 15.0 Å². The maximum Gasteiger partial charge on any atom is 0.223 e. The van der Waals surface area contributed by atoms with E-state index in [0.29, 0.717) is 18.5 Å². The van der Waals surface area contributed by atoms with Gasteiger partial charge in [-0.15, -0.1) is 0 Å². The molecule has 1 atom stereocenters. The SMILES string of the molecule is N=C(OC(N)CN1C(=O)CCCC12CCNCC2)c1ccccc1. The first-order valence-corrected chi connectivity index (χ1v) is 8.68. The van der Waals surface area contributed by atoms with Crippen molar-refractivity contribution in [2.75, 3.05) is 19.6 Å². The molecule has 130 valence electrons. The summed E-state index contributed by atoms with van der Waals surface area (Å²) in [7, 11) is 0. The third-order valence-corrected chi connectivity index (χ3v) is 5.11. The number of nitrogens with two attached hydrogens (primary N) is 1. The van der Waals surface area contributed by atoms with Crippen molar-refractivity contribution in [1.82, 2.24) is 10.2 Å². The van der Waals surface area contributed by atoms with Crippen LogP contribution < -0.4 is 11.1 Å². The zero-order valence-corrected chi connectivity index (χ0v) is 14.0. The number of benzene rings is 1. The van der Waals surface area contributed by atoms with Gasteiger partial charge in [-0.1, -0.05) is 18.2 Å². The van der Waals surface area contributed by atoms with E-state index in [-0.39, 0.29) is 17.3 Å². The van der Waals surface area contributed by atoms with Crippen LogP contribution in [0.15, 0.2) is 30.3 Å². The van der Waals surface area contributed by atoms with Gasteiger partial charge in [-0.05, 0) is 50.9 Å². The van der Waals surface area contributed by atoms with E-state index in [1.807, 2.05) is 35.2 Å². The summed E-state index contributed by atoms with van der Waals surface area (Å²) in [5.74, 6) is 0.209. The predicted molar refractivity (Wildman–Crippen MR) is 92.7 cm³/mol. The molecule has 0 radical (unpaired) electrons. The van der Waals surface area contributed by atoms with Crippen LogP contribution >= 0.6 is 0 Å². The molecule has 4 N–H and O–H groups in total. The van der Waals surface area contributed by atoms with Crippen molar-refractivity contribution in [3.05, 3.63) is 35.9 Å². The Balaban J connectivity index is 1.66. The Bertz CT molecular complexity index is 578. The van der Waals surface area contributed by atoms with E-state index in [1.54, 1.807) is 0 Å². The van der Waals surface area contributed by atoms with E-state index < -0.39 is 6.23 Å². The second kappa shape index (κ2) is 7.32. The highest BCUT2D eigenvalue weighted by atomic mass is 16.5. The van der Waals surface area contributed by atoms with Crippen molar-refractivity contribution in [2.45, 2.75) is 43.9 Å². The third kappa shape index (κ3) is 3.60. The van der Waals surface area contributed by atoms with Crippen molar-refractivity contribution < 1.29 is 9.53 Å². The summed E-state index contributed by atoms with van der Waals surface area (Å²) in [5, 5.41) is 11.4. The van der Waals surface area contributed by atoms with Gasteiger partial charge in [-0.3, -0.25) is 15.9 Å². The molecule has 1 spiro atoms. The van der Waals surface area contributed by atoms with Crippen molar-refractivity contribution >= 4 is 11.8 Å². The largest absolute Gasteiger partial charge is 0.457 e. The maximum absolute atomic E-state index is 12.5. The molecule has 1 unspecified atom stereocenters. The van der Waals surface area contributed by atoms with Crippen molar-refractivity contribution in [2.24, 2.45) is 5.73 Å². The molecule has 0 saturated carbocycles. The molecule has 0 aromatic heterocycles.